The highest BCUT2D eigenvalue weighted by Gasteiger charge is 2.13. The maximum absolute atomic E-state index is 12.3. The fourth-order valence-corrected chi connectivity index (χ4v) is 3.67. The molecular weight excluding hydrogens is 406 g/mol. The zero-order chi connectivity index (χ0) is 22.1. The molecule has 0 aliphatic carbocycles. The third kappa shape index (κ3) is 3.60. The summed E-state index contributed by atoms with van der Waals surface area (Å²) < 4.78 is 6.89. The van der Waals surface area contributed by atoms with Crippen LogP contribution >= 0.6 is 0 Å². The Balaban J connectivity index is 1.35. The number of methoxy groups -OCH3 is 1. The van der Waals surface area contributed by atoms with E-state index in [1.165, 1.54) is 0 Å². The summed E-state index contributed by atoms with van der Waals surface area (Å²) in [5.41, 5.74) is 9.99. The first-order valence-corrected chi connectivity index (χ1v) is 10.1. The van der Waals surface area contributed by atoms with E-state index in [4.69, 9.17) is 10.5 Å². The molecule has 32 heavy (non-hydrogen) atoms. The van der Waals surface area contributed by atoms with Crippen molar-refractivity contribution in [3.05, 3.63) is 66.5 Å². The number of carbonyl (C=O) groups excluding carboxylic acids is 1. The van der Waals surface area contributed by atoms with Gasteiger partial charge in [-0.05, 0) is 36.4 Å². The SMILES string of the molecule is COc1ccc(C(=O)NCCn2cc3c(n2)c(N)nc2cc(-c4cc[nH]n4)ccc23)cc1. The highest BCUT2D eigenvalue weighted by atomic mass is 16.5. The number of nitrogen functional groups attached to an aromatic ring is 1. The molecule has 4 N–H and O–H groups in total. The van der Waals surface area contributed by atoms with Crippen LogP contribution in [0.4, 0.5) is 5.82 Å². The number of rotatable bonds is 6. The van der Waals surface area contributed by atoms with Gasteiger partial charge in [0.25, 0.3) is 5.91 Å². The molecule has 160 valence electrons. The molecule has 5 rings (SSSR count). The van der Waals surface area contributed by atoms with Gasteiger partial charge in [-0.2, -0.15) is 10.2 Å². The first kappa shape index (κ1) is 19.6. The molecule has 9 heteroatoms. The molecule has 0 spiro atoms. The Bertz CT molecular complexity index is 1410. The van der Waals surface area contributed by atoms with Gasteiger partial charge in [0, 0.05) is 40.8 Å². The van der Waals surface area contributed by atoms with Gasteiger partial charge in [0.1, 0.15) is 11.3 Å². The van der Waals surface area contributed by atoms with Gasteiger partial charge in [0.05, 0.1) is 24.9 Å². The highest BCUT2D eigenvalue weighted by Crippen LogP contribution is 2.29. The summed E-state index contributed by atoms with van der Waals surface area (Å²) in [6, 6.07) is 14.8. The van der Waals surface area contributed by atoms with Crippen molar-refractivity contribution in [1.29, 1.82) is 0 Å². The summed E-state index contributed by atoms with van der Waals surface area (Å²) in [6.07, 6.45) is 3.71. The van der Waals surface area contributed by atoms with E-state index in [1.807, 2.05) is 30.5 Å². The lowest BCUT2D eigenvalue weighted by atomic mass is 10.1. The topological polar surface area (TPSA) is 124 Å². The summed E-state index contributed by atoms with van der Waals surface area (Å²) >= 11 is 0. The van der Waals surface area contributed by atoms with Crippen molar-refractivity contribution in [2.75, 3.05) is 19.4 Å². The van der Waals surface area contributed by atoms with Crippen molar-refractivity contribution in [3.63, 3.8) is 0 Å². The lowest BCUT2D eigenvalue weighted by Gasteiger charge is -2.06. The summed E-state index contributed by atoms with van der Waals surface area (Å²) in [6.45, 7) is 0.927. The number of amides is 1. The number of nitrogens with one attached hydrogen (secondary N) is 2. The van der Waals surface area contributed by atoms with Crippen LogP contribution in [0.2, 0.25) is 0 Å². The smallest absolute Gasteiger partial charge is 0.251 e. The Kier molecular flexibility index (Phi) is 4.91. The number of carbonyl (C=O) groups is 1. The monoisotopic (exact) mass is 427 g/mol. The Morgan fingerprint density at radius 1 is 1.16 bits per heavy atom. The van der Waals surface area contributed by atoms with Crippen molar-refractivity contribution >= 4 is 33.5 Å². The van der Waals surface area contributed by atoms with Crippen molar-refractivity contribution < 1.29 is 9.53 Å². The molecule has 0 unspecified atom stereocenters. The van der Waals surface area contributed by atoms with Gasteiger partial charge in [-0.15, -0.1) is 0 Å². The Morgan fingerprint density at radius 3 is 2.75 bits per heavy atom. The molecule has 0 saturated heterocycles. The lowest BCUT2D eigenvalue weighted by molar-refractivity contribution is 0.0952. The van der Waals surface area contributed by atoms with E-state index in [0.717, 1.165) is 27.5 Å². The van der Waals surface area contributed by atoms with Gasteiger partial charge in [-0.1, -0.05) is 12.1 Å². The number of hydrogen-bond acceptors (Lipinski definition) is 6. The van der Waals surface area contributed by atoms with Crippen LogP contribution in [0.5, 0.6) is 5.75 Å². The summed E-state index contributed by atoms with van der Waals surface area (Å²) in [7, 11) is 1.59. The molecule has 9 nitrogen and oxygen atoms in total. The van der Waals surface area contributed by atoms with Crippen molar-refractivity contribution in [2.45, 2.75) is 6.54 Å². The molecule has 0 atom stereocenters. The molecular formula is C23H21N7O2. The number of hydrogen-bond donors (Lipinski definition) is 3. The Labute approximate surface area is 183 Å². The van der Waals surface area contributed by atoms with Gasteiger partial charge in [0.15, 0.2) is 5.82 Å². The minimum absolute atomic E-state index is 0.151. The minimum Gasteiger partial charge on any atom is -0.497 e. The van der Waals surface area contributed by atoms with E-state index >= 15 is 0 Å². The number of pyridine rings is 1. The number of anilines is 1. The summed E-state index contributed by atoms with van der Waals surface area (Å²) in [5, 5.41) is 16.4. The van der Waals surface area contributed by atoms with Crippen molar-refractivity contribution in [3.8, 4) is 17.0 Å². The van der Waals surface area contributed by atoms with Crippen LogP contribution in [0.15, 0.2) is 60.9 Å². The number of nitrogens with two attached hydrogens (primary N) is 1. The minimum atomic E-state index is -0.151. The van der Waals surface area contributed by atoms with Gasteiger partial charge < -0.3 is 15.8 Å². The van der Waals surface area contributed by atoms with Gasteiger partial charge >= 0.3 is 0 Å². The van der Waals surface area contributed by atoms with Crippen LogP contribution in [0, 0.1) is 0 Å². The molecule has 0 fully saturated rings. The average Bonchev–Trinajstić information content (AvgIpc) is 3.50. The predicted molar refractivity (Wildman–Crippen MR) is 122 cm³/mol. The third-order valence-electron chi connectivity index (χ3n) is 5.31. The maximum Gasteiger partial charge on any atom is 0.251 e. The predicted octanol–water partition coefficient (Wildman–Crippen LogP) is 3.00. The van der Waals surface area contributed by atoms with E-state index < -0.39 is 0 Å². The molecule has 3 aromatic heterocycles. The maximum atomic E-state index is 12.3. The molecule has 0 saturated carbocycles. The number of ether oxygens (including phenoxy) is 1. The second-order valence-electron chi connectivity index (χ2n) is 7.33. The van der Waals surface area contributed by atoms with E-state index in [-0.39, 0.29) is 5.91 Å². The van der Waals surface area contributed by atoms with Gasteiger partial charge in [-0.3, -0.25) is 14.6 Å². The molecule has 2 aromatic carbocycles. The standard InChI is InChI=1S/C23H21N7O2/c1-32-16-5-2-14(3-6-16)23(31)25-10-11-30-13-18-17-7-4-15(19-8-9-26-28-19)12-20(17)27-22(24)21(18)29-30/h2-9,12-13H,10-11H2,1H3,(H2,24,27)(H,25,31)(H,26,28). The molecule has 1 amide bonds. The van der Waals surface area contributed by atoms with E-state index in [9.17, 15) is 4.79 Å². The second kappa shape index (κ2) is 8.03. The largest absolute Gasteiger partial charge is 0.497 e. The first-order valence-electron chi connectivity index (χ1n) is 10.1. The Hall–Kier alpha value is -4.40. The fraction of sp³-hybridized carbons (Fsp3) is 0.130. The van der Waals surface area contributed by atoms with Crippen LogP contribution in [0.3, 0.4) is 0 Å². The number of aromatic amines is 1. The fourth-order valence-electron chi connectivity index (χ4n) is 3.67. The number of H-pyrrole nitrogens is 1. The summed E-state index contributed by atoms with van der Waals surface area (Å²) in [5.74, 6) is 0.925. The number of benzene rings is 2. The van der Waals surface area contributed by atoms with Crippen LogP contribution < -0.4 is 15.8 Å². The molecule has 5 aromatic rings. The average molecular weight is 427 g/mol. The third-order valence-corrected chi connectivity index (χ3v) is 5.31. The van der Waals surface area contributed by atoms with Crippen LogP contribution in [-0.2, 0) is 6.54 Å². The van der Waals surface area contributed by atoms with Crippen LogP contribution in [0.25, 0.3) is 33.1 Å². The van der Waals surface area contributed by atoms with Gasteiger partial charge in [0.2, 0.25) is 0 Å². The molecule has 0 radical (unpaired) electrons. The summed E-state index contributed by atoms with van der Waals surface area (Å²) in [4.78, 5) is 16.9. The quantitative estimate of drug-likeness (QED) is 0.383. The van der Waals surface area contributed by atoms with E-state index in [1.54, 1.807) is 42.3 Å². The molecule has 3 heterocycles. The van der Waals surface area contributed by atoms with E-state index in [0.29, 0.717) is 35.7 Å². The van der Waals surface area contributed by atoms with Crippen molar-refractivity contribution in [2.24, 2.45) is 0 Å². The number of fused-ring (bicyclic) bond motifs is 3. The van der Waals surface area contributed by atoms with Crippen LogP contribution in [0.1, 0.15) is 10.4 Å². The number of nitrogens with zero attached hydrogens (tertiary/aromatic N) is 4. The zero-order valence-corrected chi connectivity index (χ0v) is 17.4. The molecule has 0 aliphatic rings. The Morgan fingerprint density at radius 2 is 2.00 bits per heavy atom. The van der Waals surface area contributed by atoms with Crippen LogP contribution in [-0.4, -0.2) is 44.5 Å². The molecule has 0 bridgehead atoms. The lowest BCUT2D eigenvalue weighted by Crippen LogP contribution is -2.27. The van der Waals surface area contributed by atoms with E-state index in [2.05, 4.69) is 25.6 Å². The molecule has 0 aliphatic heterocycles. The van der Waals surface area contributed by atoms with Gasteiger partial charge in [-0.25, -0.2) is 4.98 Å². The zero-order valence-electron chi connectivity index (χ0n) is 17.4. The first-order chi connectivity index (χ1) is 15.6. The number of aromatic nitrogens is 5. The highest BCUT2D eigenvalue weighted by molar-refractivity contribution is 6.08. The normalized spacial score (nSPS) is 11.2. The van der Waals surface area contributed by atoms with Crippen molar-refractivity contribution in [1.82, 2.24) is 30.3 Å². The second-order valence-corrected chi connectivity index (χ2v) is 7.33.